The Hall–Kier alpha value is -2.74. The molecule has 2 aromatic heterocycles. The van der Waals surface area contributed by atoms with Crippen LogP contribution < -0.4 is 15.5 Å². The summed E-state index contributed by atoms with van der Waals surface area (Å²) in [4.78, 5) is 27.4. The van der Waals surface area contributed by atoms with Gasteiger partial charge in [0.1, 0.15) is 12.1 Å². The molecular weight excluding hydrogens is 365 g/mol. The number of halogens is 1. The summed E-state index contributed by atoms with van der Waals surface area (Å²) in [7, 11) is 0. The molecule has 0 unspecified atom stereocenters. The van der Waals surface area contributed by atoms with Crippen LogP contribution in [0.5, 0.6) is 0 Å². The second-order valence-corrected chi connectivity index (χ2v) is 7.90. The van der Waals surface area contributed by atoms with E-state index in [-0.39, 0.29) is 11.5 Å². The van der Waals surface area contributed by atoms with E-state index in [4.69, 9.17) is 0 Å². The lowest BCUT2D eigenvalue weighted by atomic mass is 10.2. The average Bonchev–Trinajstić information content (AvgIpc) is 3.09. The normalized spacial score (nSPS) is 14.6. The lowest BCUT2D eigenvalue weighted by molar-refractivity contribution is 0.617. The van der Waals surface area contributed by atoms with Gasteiger partial charge < -0.3 is 9.80 Å². The maximum Gasteiger partial charge on any atom is 0.352 e. The third-order valence-corrected chi connectivity index (χ3v) is 5.62. The molecule has 0 atom stereocenters. The van der Waals surface area contributed by atoms with Crippen LogP contribution in [-0.4, -0.2) is 40.7 Å². The molecule has 140 valence electrons. The van der Waals surface area contributed by atoms with Crippen molar-refractivity contribution in [3.8, 4) is 0 Å². The van der Waals surface area contributed by atoms with Gasteiger partial charge in [-0.3, -0.25) is 4.57 Å². The predicted molar refractivity (Wildman–Crippen MR) is 105 cm³/mol. The quantitative estimate of drug-likeness (QED) is 0.691. The van der Waals surface area contributed by atoms with Crippen molar-refractivity contribution in [2.75, 3.05) is 36.0 Å². The highest BCUT2D eigenvalue weighted by Crippen LogP contribution is 2.19. The zero-order valence-corrected chi connectivity index (χ0v) is 15.8. The molecule has 0 radical (unpaired) electrons. The van der Waals surface area contributed by atoms with E-state index in [0.717, 1.165) is 23.7 Å². The Bertz CT molecular complexity index is 976. The first-order valence-corrected chi connectivity index (χ1v) is 9.64. The van der Waals surface area contributed by atoms with Gasteiger partial charge in [0.05, 0.1) is 6.54 Å². The van der Waals surface area contributed by atoms with Crippen molar-refractivity contribution >= 4 is 23.0 Å². The fraction of sp³-hybridized carbons (Fsp3) is 0.316. The molecule has 8 heteroatoms. The largest absolute Gasteiger partial charge is 0.368 e. The fourth-order valence-electron chi connectivity index (χ4n) is 3.16. The highest BCUT2D eigenvalue weighted by molar-refractivity contribution is 7.11. The van der Waals surface area contributed by atoms with Crippen LogP contribution in [0.15, 0.2) is 47.5 Å². The number of piperazine rings is 1. The van der Waals surface area contributed by atoms with Crippen molar-refractivity contribution in [2.45, 2.75) is 13.5 Å². The monoisotopic (exact) mass is 385 g/mol. The van der Waals surface area contributed by atoms with Gasteiger partial charge in [-0.2, -0.15) is 4.98 Å². The summed E-state index contributed by atoms with van der Waals surface area (Å²) in [6, 6.07) is 10.6. The van der Waals surface area contributed by atoms with E-state index in [0.29, 0.717) is 25.6 Å². The van der Waals surface area contributed by atoms with Crippen LogP contribution in [0.4, 0.5) is 16.0 Å². The minimum atomic E-state index is -0.285. The number of hydrogen-bond acceptors (Lipinski definition) is 6. The predicted octanol–water partition coefficient (Wildman–Crippen LogP) is 2.52. The standard InChI is InChI=1S/C19H20FN5OS/c1-14-2-7-17(27-14)12-25-13-21-18(22-19(25)26)24-10-8-23(9-11-24)16-5-3-15(20)4-6-16/h2-7,13H,8-12H2,1H3. The van der Waals surface area contributed by atoms with E-state index in [1.165, 1.54) is 21.6 Å². The molecule has 0 aliphatic carbocycles. The van der Waals surface area contributed by atoms with Gasteiger partial charge in [0.25, 0.3) is 0 Å². The highest BCUT2D eigenvalue weighted by Gasteiger charge is 2.20. The lowest BCUT2D eigenvalue weighted by Gasteiger charge is -2.36. The maximum absolute atomic E-state index is 13.1. The van der Waals surface area contributed by atoms with E-state index in [1.807, 2.05) is 24.0 Å². The second-order valence-electron chi connectivity index (χ2n) is 6.53. The van der Waals surface area contributed by atoms with Crippen molar-refractivity contribution < 1.29 is 4.39 Å². The minimum Gasteiger partial charge on any atom is -0.368 e. The molecule has 27 heavy (non-hydrogen) atoms. The van der Waals surface area contributed by atoms with Crippen molar-refractivity contribution in [3.05, 3.63) is 68.8 Å². The summed E-state index contributed by atoms with van der Waals surface area (Å²) in [6.07, 6.45) is 1.58. The van der Waals surface area contributed by atoms with E-state index in [9.17, 15) is 9.18 Å². The van der Waals surface area contributed by atoms with Crippen LogP contribution in [0, 0.1) is 12.7 Å². The molecule has 0 spiro atoms. The molecule has 1 aliphatic rings. The Morgan fingerprint density at radius 1 is 1.04 bits per heavy atom. The van der Waals surface area contributed by atoms with Crippen LogP contribution in [-0.2, 0) is 6.54 Å². The zero-order chi connectivity index (χ0) is 18.8. The van der Waals surface area contributed by atoms with Crippen LogP contribution in [0.3, 0.4) is 0 Å². The molecule has 3 heterocycles. The van der Waals surface area contributed by atoms with Gasteiger partial charge in [0, 0.05) is 41.6 Å². The Morgan fingerprint density at radius 2 is 1.74 bits per heavy atom. The maximum atomic E-state index is 13.1. The molecule has 4 rings (SSSR count). The number of aromatic nitrogens is 3. The molecule has 0 bridgehead atoms. The first-order chi connectivity index (χ1) is 13.1. The molecule has 1 aliphatic heterocycles. The van der Waals surface area contributed by atoms with Crippen molar-refractivity contribution in [3.63, 3.8) is 0 Å². The Morgan fingerprint density at radius 3 is 2.37 bits per heavy atom. The fourth-order valence-corrected chi connectivity index (χ4v) is 4.05. The van der Waals surface area contributed by atoms with Crippen LogP contribution in [0.25, 0.3) is 0 Å². The molecule has 0 N–H and O–H groups in total. The van der Waals surface area contributed by atoms with Gasteiger partial charge in [-0.05, 0) is 43.3 Å². The van der Waals surface area contributed by atoms with Crippen molar-refractivity contribution in [1.29, 1.82) is 0 Å². The van der Waals surface area contributed by atoms with Crippen LogP contribution in [0.1, 0.15) is 9.75 Å². The van der Waals surface area contributed by atoms with Gasteiger partial charge in [-0.15, -0.1) is 11.3 Å². The van der Waals surface area contributed by atoms with Gasteiger partial charge in [-0.25, -0.2) is 14.2 Å². The average molecular weight is 385 g/mol. The van der Waals surface area contributed by atoms with E-state index in [2.05, 4.69) is 14.9 Å². The first-order valence-electron chi connectivity index (χ1n) is 8.83. The molecule has 0 amide bonds. The summed E-state index contributed by atoms with van der Waals surface area (Å²) in [6.45, 7) is 5.51. The molecule has 1 aromatic carbocycles. The molecule has 0 saturated carbocycles. The molecule has 1 fully saturated rings. The van der Waals surface area contributed by atoms with Gasteiger partial charge in [0.15, 0.2) is 0 Å². The Kier molecular flexibility index (Phi) is 4.89. The first kappa shape index (κ1) is 17.7. The molecular formula is C19H20FN5OS. The molecule has 3 aromatic rings. The summed E-state index contributed by atoms with van der Waals surface area (Å²) >= 11 is 1.67. The number of aryl methyl sites for hydroxylation is 1. The summed E-state index contributed by atoms with van der Waals surface area (Å²) in [5.41, 5.74) is 0.714. The molecule has 6 nitrogen and oxygen atoms in total. The van der Waals surface area contributed by atoms with E-state index in [1.54, 1.807) is 29.8 Å². The van der Waals surface area contributed by atoms with E-state index >= 15 is 0 Å². The minimum absolute atomic E-state index is 0.232. The molecule has 1 saturated heterocycles. The second kappa shape index (κ2) is 7.48. The van der Waals surface area contributed by atoms with Gasteiger partial charge >= 0.3 is 5.69 Å². The summed E-state index contributed by atoms with van der Waals surface area (Å²) in [5.74, 6) is 0.237. The number of rotatable bonds is 4. The Balaban J connectivity index is 1.41. The highest BCUT2D eigenvalue weighted by atomic mass is 32.1. The topological polar surface area (TPSA) is 54.3 Å². The van der Waals surface area contributed by atoms with Crippen molar-refractivity contribution in [2.24, 2.45) is 0 Å². The number of hydrogen-bond donors (Lipinski definition) is 0. The zero-order valence-electron chi connectivity index (χ0n) is 15.0. The number of anilines is 2. The van der Waals surface area contributed by atoms with Gasteiger partial charge in [-0.1, -0.05) is 0 Å². The smallest absolute Gasteiger partial charge is 0.352 e. The number of benzene rings is 1. The van der Waals surface area contributed by atoms with Crippen LogP contribution >= 0.6 is 11.3 Å². The Labute approximate surface area is 160 Å². The third-order valence-electron chi connectivity index (χ3n) is 4.63. The number of nitrogens with zero attached hydrogens (tertiary/aromatic N) is 5. The summed E-state index contributed by atoms with van der Waals surface area (Å²) in [5, 5.41) is 0. The summed E-state index contributed by atoms with van der Waals surface area (Å²) < 4.78 is 14.6. The van der Waals surface area contributed by atoms with Crippen LogP contribution in [0.2, 0.25) is 0 Å². The van der Waals surface area contributed by atoms with Gasteiger partial charge in [0.2, 0.25) is 5.95 Å². The van der Waals surface area contributed by atoms with E-state index < -0.39 is 0 Å². The number of thiophene rings is 1. The SMILES string of the molecule is Cc1ccc(Cn2cnc(N3CCN(c4ccc(F)cc4)CC3)nc2=O)s1. The lowest BCUT2D eigenvalue weighted by Crippen LogP contribution is -2.47. The third kappa shape index (κ3) is 4.00. The van der Waals surface area contributed by atoms with Crippen molar-refractivity contribution in [1.82, 2.24) is 14.5 Å².